The van der Waals surface area contributed by atoms with Crippen molar-refractivity contribution in [1.29, 1.82) is 0 Å². The van der Waals surface area contributed by atoms with E-state index in [1.54, 1.807) is 24.4 Å². The Bertz CT molecular complexity index is 489. The zero-order chi connectivity index (χ0) is 10.0. The summed E-state index contributed by atoms with van der Waals surface area (Å²) in [6.07, 6.45) is 3.00. The van der Waals surface area contributed by atoms with Gasteiger partial charge in [0.05, 0.1) is 22.2 Å². The Morgan fingerprint density at radius 2 is 2.14 bits per heavy atom. The summed E-state index contributed by atoms with van der Waals surface area (Å²) in [6.45, 7) is 0. The van der Waals surface area contributed by atoms with Gasteiger partial charge in [0.25, 0.3) is 0 Å². The topological polar surface area (TPSA) is 59.1 Å². The third-order valence-electron chi connectivity index (χ3n) is 1.72. The molecule has 0 fully saturated rings. The first kappa shape index (κ1) is 8.96. The fourth-order valence-corrected chi connectivity index (χ4v) is 1.97. The van der Waals surface area contributed by atoms with Crippen molar-refractivity contribution in [3.63, 3.8) is 0 Å². The summed E-state index contributed by atoms with van der Waals surface area (Å²) in [6, 6.07) is 5.32. The highest BCUT2D eigenvalue weighted by Gasteiger charge is 2.11. The van der Waals surface area contributed by atoms with Crippen LogP contribution < -0.4 is 5.32 Å². The zero-order valence-electron chi connectivity index (χ0n) is 7.21. The van der Waals surface area contributed by atoms with Gasteiger partial charge in [0.1, 0.15) is 0 Å². The Morgan fingerprint density at radius 1 is 1.29 bits per heavy atom. The van der Waals surface area contributed by atoms with E-state index < -0.39 is 9.84 Å². The minimum absolute atomic E-state index is 0.494. The number of sulfone groups is 1. The predicted molar refractivity (Wildman–Crippen MR) is 53.4 cm³/mol. The van der Waals surface area contributed by atoms with Gasteiger partial charge >= 0.3 is 0 Å². The third kappa shape index (κ3) is 1.82. The van der Waals surface area contributed by atoms with Gasteiger partial charge in [-0.1, -0.05) is 6.07 Å². The maximum absolute atomic E-state index is 11.2. The Labute approximate surface area is 81.9 Å². The Hall–Kier alpha value is -1.62. The molecular weight excluding hydrogens is 200 g/mol. The molecular formula is C9H8N2O2S. The monoisotopic (exact) mass is 208 g/mol. The Morgan fingerprint density at radius 3 is 2.79 bits per heavy atom. The van der Waals surface area contributed by atoms with Gasteiger partial charge in [0.15, 0.2) is 9.84 Å². The molecule has 14 heavy (non-hydrogen) atoms. The van der Waals surface area contributed by atoms with Gasteiger partial charge in [0.2, 0.25) is 0 Å². The summed E-state index contributed by atoms with van der Waals surface area (Å²) in [7, 11) is -3.23. The second-order valence-corrected chi connectivity index (χ2v) is 4.47. The van der Waals surface area contributed by atoms with Gasteiger partial charge in [-0.15, -0.1) is 0 Å². The number of hydrogen-bond acceptors (Lipinski definition) is 4. The molecule has 4 nitrogen and oxygen atoms in total. The van der Waals surface area contributed by atoms with Gasteiger partial charge in [0, 0.05) is 12.4 Å². The predicted octanol–water partition coefficient (Wildman–Crippen LogP) is 0.869. The molecule has 0 saturated heterocycles. The van der Waals surface area contributed by atoms with Gasteiger partial charge in [-0.25, -0.2) is 8.42 Å². The van der Waals surface area contributed by atoms with Gasteiger partial charge in [-0.2, -0.15) is 0 Å². The molecule has 72 valence electrons. The van der Waals surface area contributed by atoms with Gasteiger partial charge in [-0.3, -0.25) is 4.98 Å². The number of aromatic nitrogens is 1. The summed E-state index contributed by atoms with van der Waals surface area (Å²) in [5.41, 5.74) is 1.11. The number of nitrogens with zero attached hydrogens (tertiary/aromatic N) is 1. The lowest BCUT2D eigenvalue weighted by molar-refractivity contribution is 0.612. The third-order valence-corrected chi connectivity index (χ3v) is 2.80. The van der Waals surface area contributed by atoms with Crippen LogP contribution in [-0.2, 0) is 9.84 Å². The average molecular weight is 208 g/mol. The molecule has 0 saturated carbocycles. The molecule has 0 aromatic carbocycles. The lowest BCUT2D eigenvalue weighted by Gasteiger charge is -2.09. The van der Waals surface area contributed by atoms with Crippen molar-refractivity contribution < 1.29 is 8.42 Å². The second kappa shape index (κ2) is 3.26. The van der Waals surface area contributed by atoms with E-state index in [9.17, 15) is 8.42 Å². The standard InChI is InChI=1S/C9H8N2O2S/c12-14(13)6-5-11-9(7-14)8-3-1-2-4-10-8/h1-7,11H. The minimum atomic E-state index is -3.23. The fraction of sp³-hybridized carbons (Fsp3) is 0. The molecule has 0 atom stereocenters. The largest absolute Gasteiger partial charge is 0.359 e. The maximum atomic E-state index is 11.2. The van der Waals surface area contributed by atoms with Crippen LogP contribution in [0.3, 0.4) is 0 Å². The van der Waals surface area contributed by atoms with Crippen LogP contribution in [-0.4, -0.2) is 13.4 Å². The summed E-state index contributed by atoms with van der Waals surface area (Å²) in [5, 5.41) is 5.10. The molecule has 0 aliphatic carbocycles. The first-order chi connectivity index (χ1) is 6.67. The number of rotatable bonds is 1. The van der Waals surface area contributed by atoms with E-state index in [0.717, 1.165) is 10.8 Å². The summed E-state index contributed by atoms with van der Waals surface area (Å²) >= 11 is 0. The maximum Gasteiger partial charge on any atom is 0.196 e. The Kier molecular flexibility index (Phi) is 2.09. The quantitative estimate of drug-likeness (QED) is 0.744. The van der Waals surface area contributed by atoms with Crippen molar-refractivity contribution in [3.05, 3.63) is 47.1 Å². The summed E-state index contributed by atoms with van der Waals surface area (Å²) in [4.78, 5) is 4.04. The minimum Gasteiger partial charge on any atom is -0.359 e. The summed E-state index contributed by atoms with van der Waals surface area (Å²) in [5.74, 6) is 0. The molecule has 0 radical (unpaired) electrons. The van der Waals surface area contributed by atoms with Crippen LogP contribution in [0.15, 0.2) is 41.4 Å². The molecule has 1 N–H and O–H groups in total. The highest BCUT2D eigenvalue weighted by molar-refractivity contribution is 7.97. The van der Waals surface area contributed by atoms with Crippen molar-refractivity contribution in [2.24, 2.45) is 0 Å². The summed E-state index contributed by atoms with van der Waals surface area (Å²) < 4.78 is 22.4. The molecule has 0 spiro atoms. The van der Waals surface area contributed by atoms with E-state index in [-0.39, 0.29) is 0 Å². The van der Waals surface area contributed by atoms with Crippen molar-refractivity contribution in [3.8, 4) is 0 Å². The van der Waals surface area contributed by atoms with Gasteiger partial charge < -0.3 is 5.32 Å². The molecule has 1 aliphatic rings. The van der Waals surface area contributed by atoms with E-state index in [4.69, 9.17) is 0 Å². The van der Waals surface area contributed by atoms with E-state index in [0.29, 0.717) is 11.4 Å². The molecule has 0 unspecified atom stereocenters. The SMILES string of the molecule is O=S1(=O)C=CNC(c2ccccn2)=C1. The van der Waals surface area contributed by atoms with E-state index in [2.05, 4.69) is 10.3 Å². The van der Waals surface area contributed by atoms with E-state index in [1.807, 2.05) is 0 Å². The van der Waals surface area contributed by atoms with Crippen molar-refractivity contribution in [1.82, 2.24) is 10.3 Å². The van der Waals surface area contributed by atoms with Crippen molar-refractivity contribution in [2.75, 3.05) is 0 Å². The molecule has 1 aromatic heterocycles. The fourth-order valence-electron chi connectivity index (χ4n) is 1.11. The Balaban J connectivity index is 2.43. The second-order valence-electron chi connectivity index (χ2n) is 2.78. The van der Waals surface area contributed by atoms with Crippen LogP contribution in [0.1, 0.15) is 5.69 Å². The van der Waals surface area contributed by atoms with Crippen LogP contribution >= 0.6 is 0 Å². The van der Waals surface area contributed by atoms with Crippen LogP contribution in [0.25, 0.3) is 5.70 Å². The highest BCUT2D eigenvalue weighted by Crippen LogP contribution is 2.14. The first-order valence-corrected chi connectivity index (χ1v) is 5.60. The molecule has 2 rings (SSSR count). The number of nitrogens with one attached hydrogen (secondary N) is 1. The smallest absolute Gasteiger partial charge is 0.196 e. The highest BCUT2D eigenvalue weighted by atomic mass is 32.2. The van der Waals surface area contributed by atoms with Crippen LogP contribution in [0.4, 0.5) is 0 Å². The zero-order valence-corrected chi connectivity index (χ0v) is 8.03. The first-order valence-electron chi connectivity index (χ1n) is 3.99. The normalized spacial score (nSPS) is 18.4. The van der Waals surface area contributed by atoms with E-state index in [1.165, 1.54) is 6.20 Å². The van der Waals surface area contributed by atoms with Crippen molar-refractivity contribution in [2.45, 2.75) is 0 Å². The number of hydrogen-bond donors (Lipinski definition) is 1. The molecule has 5 heteroatoms. The molecule has 2 heterocycles. The van der Waals surface area contributed by atoms with Crippen LogP contribution in [0.5, 0.6) is 0 Å². The number of pyridine rings is 1. The van der Waals surface area contributed by atoms with Crippen LogP contribution in [0, 0.1) is 0 Å². The lowest BCUT2D eigenvalue weighted by Crippen LogP contribution is -2.12. The van der Waals surface area contributed by atoms with Crippen LogP contribution in [0.2, 0.25) is 0 Å². The molecule has 1 aliphatic heterocycles. The van der Waals surface area contributed by atoms with Gasteiger partial charge in [-0.05, 0) is 12.1 Å². The molecule has 1 aromatic rings. The molecule has 0 amide bonds. The van der Waals surface area contributed by atoms with E-state index >= 15 is 0 Å². The lowest BCUT2D eigenvalue weighted by atomic mass is 10.3. The average Bonchev–Trinajstić information content (AvgIpc) is 2.18. The van der Waals surface area contributed by atoms with Crippen molar-refractivity contribution >= 4 is 15.5 Å². The molecule has 0 bridgehead atoms.